The lowest BCUT2D eigenvalue weighted by atomic mass is 10.1. The Morgan fingerprint density at radius 3 is 2.57 bits per heavy atom. The zero-order valence-electron chi connectivity index (χ0n) is 12.3. The Morgan fingerprint density at radius 2 is 2.00 bits per heavy atom. The molecular formula is C15H20N4OS. The highest BCUT2D eigenvalue weighted by atomic mass is 32.1. The Balaban J connectivity index is 2.08. The Labute approximate surface area is 129 Å². The van der Waals surface area contributed by atoms with Gasteiger partial charge in [-0.1, -0.05) is 44.2 Å². The molecule has 0 fully saturated rings. The van der Waals surface area contributed by atoms with Gasteiger partial charge in [0.1, 0.15) is 0 Å². The molecule has 1 atom stereocenters. The normalized spacial score (nSPS) is 12.3. The minimum absolute atomic E-state index is 0.164. The topological polar surface area (TPSA) is 58.1 Å². The quantitative estimate of drug-likeness (QED) is 0.853. The Bertz CT molecular complexity index is 540. The number of benzene rings is 1. The third kappa shape index (κ3) is 4.09. The molecule has 1 heterocycles. The molecule has 0 radical (unpaired) electrons. The monoisotopic (exact) mass is 304 g/mol. The number of rotatable bonds is 7. The maximum atomic E-state index is 12.0. The summed E-state index contributed by atoms with van der Waals surface area (Å²) < 4.78 is 7.81. The molecule has 1 N–H and O–H groups in total. The van der Waals surface area contributed by atoms with E-state index in [4.69, 9.17) is 0 Å². The molecule has 0 bridgehead atoms. The molecule has 1 aromatic heterocycles. The predicted octanol–water partition coefficient (Wildman–Crippen LogP) is 2.35. The van der Waals surface area contributed by atoms with Crippen molar-refractivity contribution in [2.24, 2.45) is 0 Å². The van der Waals surface area contributed by atoms with E-state index in [9.17, 15) is 4.79 Å². The fourth-order valence-corrected chi connectivity index (χ4v) is 2.75. The van der Waals surface area contributed by atoms with Crippen LogP contribution in [0.25, 0.3) is 0 Å². The molecule has 2 rings (SSSR count). The molecular weight excluding hydrogens is 284 g/mol. The zero-order valence-corrected chi connectivity index (χ0v) is 13.1. The van der Waals surface area contributed by atoms with Crippen LogP contribution in [0.3, 0.4) is 0 Å². The van der Waals surface area contributed by atoms with Crippen molar-refractivity contribution in [3.63, 3.8) is 0 Å². The maximum Gasteiger partial charge on any atom is 0.272 e. The number of nitrogens with one attached hydrogen (secondary N) is 1. The van der Waals surface area contributed by atoms with E-state index >= 15 is 0 Å². The number of hydrogen-bond acceptors (Lipinski definition) is 5. The number of likely N-dealkylation sites (N-methyl/N-ethyl adjacent to an activating group) is 1. The zero-order chi connectivity index (χ0) is 15.1. The van der Waals surface area contributed by atoms with Crippen LogP contribution in [0.4, 0.5) is 0 Å². The molecule has 5 nitrogen and oxygen atoms in total. The molecule has 0 saturated carbocycles. The Morgan fingerprint density at radius 1 is 1.29 bits per heavy atom. The highest BCUT2D eigenvalue weighted by molar-refractivity contribution is 6.99. The maximum absolute atomic E-state index is 12.0. The fourth-order valence-electron chi connectivity index (χ4n) is 2.34. The number of nitrogens with zero attached hydrogens (tertiary/aromatic N) is 3. The SMILES string of the molecule is CCN(CC)C(CNC(=O)c1cnsn1)c1ccccc1. The van der Waals surface area contributed by atoms with Gasteiger partial charge in [0.25, 0.3) is 5.91 Å². The van der Waals surface area contributed by atoms with Gasteiger partial charge < -0.3 is 5.32 Å². The first-order valence-corrected chi connectivity index (χ1v) is 7.84. The third-order valence-electron chi connectivity index (χ3n) is 3.49. The van der Waals surface area contributed by atoms with Crippen LogP contribution >= 0.6 is 11.7 Å². The number of aromatic nitrogens is 2. The molecule has 21 heavy (non-hydrogen) atoms. The van der Waals surface area contributed by atoms with Crippen LogP contribution in [0.15, 0.2) is 36.5 Å². The first-order valence-electron chi connectivity index (χ1n) is 7.11. The predicted molar refractivity (Wildman–Crippen MR) is 84.3 cm³/mol. The first kappa shape index (κ1) is 15.6. The van der Waals surface area contributed by atoms with E-state index in [2.05, 4.69) is 44.9 Å². The van der Waals surface area contributed by atoms with Gasteiger partial charge in [-0.05, 0) is 18.7 Å². The number of amides is 1. The van der Waals surface area contributed by atoms with E-state index in [1.54, 1.807) is 0 Å². The molecule has 0 saturated heterocycles. The average molecular weight is 304 g/mol. The number of hydrogen-bond donors (Lipinski definition) is 1. The number of carbonyl (C=O) groups excluding carboxylic acids is 1. The summed E-state index contributed by atoms with van der Waals surface area (Å²) in [5.74, 6) is -0.170. The van der Waals surface area contributed by atoms with Crippen LogP contribution in [-0.4, -0.2) is 39.2 Å². The average Bonchev–Trinajstić information content (AvgIpc) is 3.06. The van der Waals surface area contributed by atoms with Crippen LogP contribution in [0, 0.1) is 0 Å². The second-order valence-corrected chi connectivity index (χ2v) is 5.21. The van der Waals surface area contributed by atoms with Gasteiger partial charge in [0.2, 0.25) is 0 Å². The first-order chi connectivity index (χ1) is 10.3. The second-order valence-electron chi connectivity index (χ2n) is 4.65. The van der Waals surface area contributed by atoms with E-state index in [1.807, 2.05) is 18.2 Å². The van der Waals surface area contributed by atoms with Crippen molar-refractivity contribution < 1.29 is 4.79 Å². The van der Waals surface area contributed by atoms with Gasteiger partial charge in [-0.25, -0.2) is 0 Å². The molecule has 6 heteroatoms. The lowest BCUT2D eigenvalue weighted by Crippen LogP contribution is -2.38. The molecule has 0 aliphatic heterocycles. The highest BCUT2D eigenvalue weighted by Crippen LogP contribution is 2.19. The van der Waals surface area contributed by atoms with Gasteiger partial charge in [-0.3, -0.25) is 9.69 Å². The molecule has 0 spiro atoms. The lowest BCUT2D eigenvalue weighted by molar-refractivity contribution is 0.0931. The van der Waals surface area contributed by atoms with Gasteiger partial charge >= 0.3 is 0 Å². The lowest BCUT2D eigenvalue weighted by Gasteiger charge is -2.30. The van der Waals surface area contributed by atoms with E-state index < -0.39 is 0 Å². The number of carbonyl (C=O) groups is 1. The summed E-state index contributed by atoms with van der Waals surface area (Å²) in [6.07, 6.45) is 1.49. The van der Waals surface area contributed by atoms with E-state index in [0.29, 0.717) is 12.2 Å². The summed E-state index contributed by atoms with van der Waals surface area (Å²) >= 11 is 1.04. The molecule has 0 aliphatic carbocycles. The molecule has 112 valence electrons. The minimum Gasteiger partial charge on any atom is -0.349 e. The highest BCUT2D eigenvalue weighted by Gasteiger charge is 2.19. The fraction of sp³-hybridized carbons (Fsp3) is 0.400. The Hall–Kier alpha value is -1.79. The van der Waals surface area contributed by atoms with Gasteiger partial charge in [0, 0.05) is 6.54 Å². The summed E-state index contributed by atoms with van der Waals surface area (Å²) in [6.45, 7) is 6.69. The van der Waals surface area contributed by atoms with Crippen LogP contribution in [-0.2, 0) is 0 Å². The largest absolute Gasteiger partial charge is 0.349 e. The van der Waals surface area contributed by atoms with Crippen LogP contribution < -0.4 is 5.32 Å². The summed E-state index contributed by atoms with van der Waals surface area (Å²) in [4.78, 5) is 14.3. The van der Waals surface area contributed by atoms with Crippen molar-refractivity contribution in [3.05, 3.63) is 47.8 Å². The van der Waals surface area contributed by atoms with Gasteiger partial charge in [0.15, 0.2) is 5.69 Å². The van der Waals surface area contributed by atoms with Crippen molar-refractivity contribution in [1.82, 2.24) is 19.0 Å². The molecule has 1 aromatic carbocycles. The van der Waals surface area contributed by atoms with Crippen molar-refractivity contribution in [2.75, 3.05) is 19.6 Å². The summed E-state index contributed by atoms with van der Waals surface area (Å²) in [5.41, 5.74) is 1.59. The minimum atomic E-state index is -0.170. The molecule has 2 aromatic rings. The molecule has 0 aliphatic rings. The third-order valence-corrected chi connectivity index (χ3v) is 3.97. The van der Waals surface area contributed by atoms with Crippen LogP contribution in [0.1, 0.15) is 35.9 Å². The van der Waals surface area contributed by atoms with E-state index in [1.165, 1.54) is 11.8 Å². The van der Waals surface area contributed by atoms with Gasteiger partial charge in [-0.2, -0.15) is 8.75 Å². The summed E-state index contributed by atoms with van der Waals surface area (Å²) in [7, 11) is 0. The molecule has 1 amide bonds. The second kappa shape index (κ2) is 7.85. The Kier molecular flexibility index (Phi) is 5.83. The van der Waals surface area contributed by atoms with Crippen molar-refractivity contribution in [3.8, 4) is 0 Å². The van der Waals surface area contributed by atoms with Crippen LogP contribution in [0.5, 0.6) is 0 Å². The van der Waals surface area contributed by atoms with Gasteiger partial charge in [-0.15, -0.1) is 0 Å². The smallest absolute Gasteiger partial charge is 0.272 e. The van der Waals surface area contributed by atoms with E-state index in [-0.39, 0.29) is 11.9 Å². The summed E-state index contributed by atoms with van der Waals surface area (Å²) in [5, 5.41) is 2.96. The van der Waals surface area contributed by atoms with Crippen molar-refractivity contribution in [2.45, 2.75) is 19.9 Å². The van der Waals surface area contributed by atoms with E-state index in [0.717, 1.165) is 24.8 Å². The molecule has 1 unspecified atom stereocenters. The van der Waals surface area contributed by atoms with Crippen LogP contribution in [0.2, 0.25) is 0 Å². The van der Waals surface area contributed by atoms with Crippen molar-refractivity contribution >= 4 is 17.6 Å². The van der Waals surface area contributed by atoms with Gasteiger partial charge in [0.05, 0.1) is 24.0 Å². The standard InChI is InChI=1S/C15H20N4OS/c1-3-19(4-2)14(12-8-6-5-7-9-12)11-16-15(20)13-10-17-21-18-13/h5-10,14H,3-4,11H2,1-2H3,(H,16,20). The summed E-state index contributed by atoms with van der Waals surface area (Å²) in [6, 6.07) is 10.4. The van der Waals surface area contributed by atoms with Crippen molar-refractivity contribution in [1.29, 1.82) is 0 Å².